The standard InChI is InChI=1S/C12H28N2O3/c1-13-5-3-7-15-9-11-17-12-10-16-8-4-6-14-2/h13-14H,3-12H2,1-2H3. The summed E-state index contributed by atoms with van der Waals surface area (Å²) in [4.78, 5) is 0. The Morgan fingerprint density at radius 2 is 0.941 bits per heavy atom. The lowest BCUT2D eigenvalue weighted by atomic mass is 10.4. The van der Waals surface area contributed by atoms with Crippen LogP contribution in [0.3, 0.4) is 0 Å². The molecule has 0 unspecified atom stereocenters. The van der Waals surface area contributed by atoms with E-state index in [-0.39, 0.29) is 0 Å². The Bertz CT molecular complexity index is 123. The molecule has 0 saturated heterocycles. The highest BCUT2D eigenvalue weighted by Gasteiger charge is 1.91. The fourth-order valence-electron chi connectivity index (χ4n) is 1.24. The van der Waals surface area contributed by atoms with Gasteiger partial charge in [0.05, 0.1) is 26.4 Å². The van der Waals surface area contributed by atoms with Crippen LogP contribution in [0.15, 0.2) is 0 Å². The van der Waals surface area contributed by atoms with Crippen LogP contribution in [0.25, 0.3) is 0 Å². The van der Waals surface area contributed by atoms with Crippen molar-refractivity contribution >= 4 is 0 Å². The first-order valence-electron chi connectivity index (χ1n) is 6.44. The van der Waals surface area contributed by atoms with Gasteiger partial charge in [-0.25, -0.2) is 0 Å². The van der Waals surface area contributed by atoms with Crippen molar-refractivity contribution in [3.05, 3.63) is 0 Å². The first-order valence-corrected chi connectivity index (χ1v) is 6.44. The van der Waals surface area contributed by atoms with Gasteiger partial charge in [-0.2, -0.15) is 0 Å². The van der Waals surface area contributed by atoms with Gasteiger partial charge in [-0.15, -0.1) is 0 Å². The van der Waals surface area contributed by atoms with Gasteiger partial charge in [0.1, 0.15) is 0 Å². The Labute approximate surface area is 105 Å². The summed E-state index contributed by atoms with van der Waals surface area (Å²) < 4.78 is 16.1. The second-order valence-electron chi connectivity index (χ2n) is 3.75. The molecule has 0 atom stereocenters. The molecular formula is C12H28N2O3. The lowest BCUT2D eigenvalue weighted by Gasteiger charge is -2.06. The maximum absolute atomic E-state index is 5.38. The molecule has 0 aliphatic rings. The third-order valence-corrected chi connectivity index (χ3v) is 2.17. The number of rotatable bonds is 14. The van der Waals surface area contributed by atoms with Gasteiger partial charge in [-0.05, 0) is 40.0 Å². The van der Waals surface area contributed by atoms with E-state index in [1.807, 2.05) is 14.1 Å². The van der Waals surface area contributed by atoms with E-state index in [4.69, 9.17) is 14.2 Å². The van der Waals surface area contributed by atoms with E-state index in [0.717, 1.165) is 39.1 Å². The van der Waals surface area contributed by atoms with Crippen LogP contribution in [0, 0.1) is 0 Å². The Kier molecular flexibility index (Phi) is 15.6. The second kappa shape index (κ2) is 15.8. The van der Waals surface area contributed by atoms with Crippen molar-refractivity contribution in [2.75, 3.05) is 66.8 Å². The van der Waals surface area contributed by atoms with Crippen molar-refractivity contribution in [1.29, 1.82) is 0 Å². The molecule has 0 aliphatic carbocycles. The summed E-state index contributed by atoms with van der Waals surface area (Å²) in [5.74, 6) is 0. The summed E-state index contributed by atoms with van der Waals surface area (Å²) in [7, 11) is 3.89. The van der Waals surface area contributed by atoms with Crippen molar-refractivity contribution in [2.45, 2.75) is 12.8 Å². The molecule has 104 valence electrons. The topological polar surface area (TPSA) is 51.8 Å². The first kappa shape index (κ1) is 16.8. The molecule has 0 saturated carbocycles. The van der Waals surface area contributed by atoms with Crippen LogP contribution in [-0.4, -0.2) is 66.8 Å². The van der Waals surface area contributed by atoms with Gasteiger partial charge in [-0.1, -0.05) is 0 Å². The Hall–Kier alpha value is -0.200. The molecule has 0 radical (unpaired) electrons. The van der Waals surface area contributed by atoms with Gasteiger partial charge in [0.2, 0.25) is 0 Å². The minimum absolute atomic E-state index is 0.652. The van der Waals surface area contributed by atoms with Gasteiger partial charge in [0, 0.05) is 13.2 Å². The molecule has 5 heteroatoms. The molecule has 0 aliphatic heterocycles. The average Bonchev–Trinajstić information content (AvgIpc) is 2.35. The van der Waals surface area contributed by atoms with Crippen LogP contribution in [0.1, 0.15) is 12.8 Å². The minimum Gasteiger partial charge on any atom is -0.379 e. The summed E-state index contributed by atoms with van der Waals surface area (Å²) in [6.45, 7) is 6.24. The number of hydrogen-bond acceptors (Lipinski definition) is 5. The highest BCUT2D eigenvalue weighted by Crippen LogP contribution is 1.85. The lowest BCUT2D eigenvalue weighted by Crippen LogP contribution is -2.14. The Morgan fingerprint density at radius 1 is 0.588 bits per heavy atom. The summed E-state index contributed by atoms with van der Waals surface area (Å²) >= 11 is 0. The molecule has 0 amide bonds. The molecular weight excluding hydrogens is 220 g/mol. The third-order valence-electron chi connectivity index (χ3n) is 2.17. The summed E-state index contributed by atoms with van der Waals surface area (Å²) in [5.41, 5.74) is 0. The van der Waals surface area contributed by atoms with Crippen LogP contribution in [0.2, 0.25) is 0 Å². The summed E-state index contributed by atoms with van der Waals surface area (Å²) in [5, 5.41) is 6.15. The minimum atomic E-state index is 0.652. The molecule has 2 N–H and O–H groups in total. The molecule has 0 bridgehead atoms. The van der Waals surface area contributed by atoms with Crippen molar-refractivity contribution in [2.24, 2.45) is 0 Å². The van der Waals surface area contributed by atoms with E-state index in [2.05, 4.69) is 10.6 Å². The Morgan fingerprint density at radius 3 is 1.29 bits per heavy atom. The van der Waals surface area contributed by atoms with Crippen molar-refractivity contribution in [3.8, 4) is 0 Å². The van der Waals surface area contributed by atoms with Crippen LogP contribution in [0.5, 0.6) is 0 Å². The SMILES string of the molecule is CNCCCOCCOCCOCCCNC. The van der Waals surface area contributed by atoms with E-state index in [0.29, 0.717) is 26.4 Å². The molecule has 0 spiro atoms. The van der Waals surface area contributed by atoms with Gasteiger partial charge < -0.3 is 24.8 Å². The number of nitrogens with one attached hydrogen (secondary N) is 2. The molecule has 0 aromatic rings. The zero-order chi connectivity index (χ0) is 12.6. The molecule has 5 nitrogen and oxygen atoms in total. The molecule has 0 heterocycles. The van der Waals surface area contributed by atoms with E-state index in [1.165, 1.54) is 0 Å². The zero-order valence-electron chi connectivity index (χ0n) is 11.3. The van der Waals surface area contributed by atoms with Gasteiger partial charge in [0.15, 0.2) is 0 Å². The average molecular weight is 248 g/mol. The van der Waals surface area contributed by atoms with Crippen LogP contribution < -0.4 is 10.6 Å². The monoisotopic (exact) mass is 248 g/mol. The molecule has 0 aromatic heterocycles. The van der Waals surface area contributed by atoms with Crippen molar-refractivity contribution < 1.29 is 14.2 Å². The highest BCUT2D eigenvalue weighted by molar-refractivity contribution is 4.41. The lowest BCUT2D eigenvalue weighted by molar-refractivity contribution is 0.0139. The predicted octanol–water partition coefficient (Wildman–Crippen LogP) is 0.255. The smallest absolute Gasteiger partial charge is 0.0701 e. The number of hydrogen-bond donors (Lipinski definition) is 2. The van der Waals surface area contributed by atoms with Crippen LogP contribution in [-0.2, 0) is 14.2 Å². The van der Waals surface area contributed by atoms with Crippen LogP contribution >= 0.6 is 0 Å². The van der Waals surface area contributed by atoms with Gasteiger partial charge >= 0.3 is 0 Å². The zero-order valence-corrected chi connectivity index (χ0v) is 11.3. The van der Waals surface area contributed by atoms with Gasteiger partial charge in [-0.3, -0.25) is 0 Å². The molecule has 0 fully saturated rings. The maximum atomic E-state index is 5.38. The third kappa shape index (κ3) is 15.8. The van der Waals surface area contributed by atoms with E-state index < -0.39 is 0 Å². The predicted molar refractivity (Wildman–Crippen MR) is 69.5 cm³/mol. The molecule has 0 aromatic carbocycles. The normalized spacial score (nSPS) is 10.9. The highest BCUT2D eigenvalue weighted by atomic mass is 16.5. The quantitative estimate of drug-likeness (QED) is 0.432. The van der Waals surface area contributed by atoms with E-state index >= 15 is 0 Å². The molecule has 17 heavy (non-hydrogen) atoms. The van der Waals surface area contributed by atoms with Crippen molar-refractivity contribution in [3.63, 3.8) is 0 Å². The van der Waals surface area contributed by atoms with E-state index in [1.54, 1.807) is 0 Å². The fourth-order valence-corrected chi connectivity index (χ4v) is 1.24. The summed E-state index contributed by atoms with van der Waals surface area (Å²) in [6, 6.07) is 0. The first-order chi connectivity index (χ1) is 8.41. The van der Waals surface area contributed by atoms with E-state index in [9.17, 15) is 0 Å². The fraction of sp³-hybridized carbons (Fsp3) is 1.00. The number of ether oxygens (including phenoxy) is 3. The maximum Gasteiger partial charge on any atom is 0.0701 e. The second-order valence-corrected chi connectivity index (χ2v) is 3.75. The Balaban J connectivity index is 2.85. The van der Waals surface area contributed by atoms with Crippen molar-refractivity contribution in [1.82, 2.24) is 10.6 Å². The van der Waals surface area contributed by atoms with Gasteiger partial charge in [0.25, 0.3) is 0 Å². The summed E-state index contributed by atoms with van der Waals surface area (Å²) in [6.07, 6.45) is 2.09. The molecule has 0 rings (SSSR count). The van der Waals surface area contributed by atoms with Crippen LogP contribution in [0.4, 0.5) is 0 Å². The largest absolute Gasteiger partial charge is 0.379 e.